The number of aromatic nitrogens is 4. The van der Waals surface area contributed by atoms with Crippen molar-refractivity contribution in [1.29, 1.82) is 0 Å². The van der Waals surface area contributed by atoms with Gasteiger partial charge in [-0.3, -0.25) is 4.79 Å². The van der Waals surface area contributed by atoms with Crippen molar-refractivity contribution in [2.24, 2.45) is 11.8 Å². The van der Waals surface area contributed by atoms with Crippen LogP contribution in [0.3, 0.4) is 0 Å². The first-order valence-electron chi connectivity index (χ1n) is 6.22. The average molecular weight is 281 g/mol. The van der Waals surface area contributed by atoms with Gasteiger partial charge in [-0.05, 0) is 30.4 Å². The highest BCUT2D eigenvalue weighted by atomic mass is 35.5. The smallest absolute Gasteiger partial charge is 0.306 e. The summed E-state index contributed by atoms with van der Waals surface area (Å²) in [6.45, 7) is 0.563. The third-order valence-electron chi connectivity index (χ3n) is 3.73. The third kappa shape index (κ3) is 2.28. The van der Waals surface area contributed by atoms with Crippen LogP contribution in [0, 0.1) is 11.8 Å². The lowest BCUT2D eigenvalue weighted by molar-refractivity contribution is -0.143. The minimum atomic E-state index is -0.716. The van der Waals surface area contributed by atoms with E-state index < -0.39 is 5.97 Å². The van der Waals surface area contributed by atoms with Gasteiger partial charge in [0.25, 0.3) is 0 Å². The van der Waals surface area contributed by atoms with Gasteiger partial charge in [0.2, 0.25) is 5.28 Å². The fraction of sp³-hybridized carbons (Fsp3) is 0.500. The van der Waals surface area contributed by atoms with Crippen LogP contribution in [0.15, 0.2) is 12.4 Å². The van der Waals surface area contributed by atoms with E-state index in [-0.39, 0.29) is 17.1 Å². The lowest BCUT2D eigenvalue weighted by Gasteiger charge is -2.15. The van der Waals surface area contributed by atoms with Gasteiger partial charge in [-0.15, -0.1) is 0 Å². The Kier molecular flexibility index (Phi) is 3.10. The fourth-order valence-corrected chi connectivity index (χ4v) is 2.91. The zero-order valence-corrected chi connectivity index (χ0v) is 10.9. The summed E-state index contributed by atoms with van der Waals surface area (Å²) in [5, 5.41) is 14.4. The second-order valence-corrected chi connectivity index (χ2v) is 5.22. The predicted molar refractivity (Wildman–Crippen MR) is 68.8 cm³/mol. The molecule has 1 fully saturated rings. The summed E-state index contributed by atoms with van der Waals surface area (Å²) >= 11 is 5.79. The molecular formula is C12H13ClN4O2. The van der Waals surface area contributed by atoms with Gasteiger partial charge in [0.1, 0.15) is 0 Å². The Morgan fingerprint density at radius 2 is 2.32 bits per heavy atom. The molecule has 3 rings (SSSR count). The molecule has 2 atom stereocenters. The second-order valence-electron chi connectivity index (χ2n) is 4.88. The van der Waals surface area contributed by atoms with Crippen LogP contribution < -0.4 is 0 Å². The van der Waals surface area contributed by atoms with Crippen molar-refractivity contribution in [2.45, 2.75) is 25.8 Å². The minimum absolute atomic E-state index is 0.106. The Hall–Kier alpha value is -1.69. The highest BCUT2D eigenvalue weighted by Gasteiger charge is 2.33. The lowest BCUT2D eigenvalue weighted by Crippen LogP contribution is -2.23. The van der Waals surface area contributed by atoms with E-state index >= 15 is 0 Å². The number of carboxylic acid groups (broad SMARTS) is 1. The largest absolute Gasteiger partial charge is 0.481 e. The van der Waals surface area contributed by atoms with Gasteiger partial charge < -0.3 is 5.11 Å². The maximum Gasteiger partial charge on any atom is 0.306 e. The van der Waals surface area contributed by atoms with Crippen molar-refractivity contribution < 1.29 is 9.90 Å². The first-order chi connectivity index (χ1) is 9.15. The van der Waals surface area contributed by atoms with Crippen molar-refractivity contribution in [3.63, 3.8) is 0 Å². The minimum Gasteiger partial charge on any atom is -0.481 e. The van der Waals surface area contributed by atoms with E-state index in [0.717, 1.165) is 24.6 Å². The molecule has 0 spiro atoms. The van der Waals surface area contributed by atoms with E-state index in [4.69, 9.17) is 11.6 Å². The fourth-order valence-electron chi connectivity index (χ4n) is 2.78. The predicted octanol–water partition coefficient (Wildman–Crippen LogP) is 1.98. The molecule has 0 bridgehead atoms. The molecule has 0 unspecified atom stereocenters. The normalized spacial score (nSPS) is 23.0. The molecule has 19 heavy (non-hydrogen) atoms. The highest BCUT2D eigenvalue weighted by molar-refractivity contribution is 6.28. The first kappa shape index (κ1) is 12.3. The molecular weight excluding hydrogens is 268 g/mol. The van der Waals surface area contributed by atoms with E-state index in [9.17, 15) is 9.90 Å². The van der Waals surface area contributed by atoms with Gasteiger partial charge in [-0.1, -0.05) is 6.42 Å². The Morgan fingerprint density at radius 1 is 1.47 bits per heavy atom. The van der Waals surface area contributed by atoms with E-state index in [1.165, 1.54) is 0 Å². The van der Waals surface area contributed by atoms with Gasteiger partial charge in [0.15, 0.2) is 5.65 Å². The number of carboxylic acids is 1. The van der Waals surface area contributed by atoms with Crippen molar-refractivity contribution in [3.05, 3.63) is 17.7 Å². The van der Waals surface area contributed by atoms with Crippen LogP contribution in [0.4, 0.5) is 0 Å². The molecule has 100 valence electrons. The molecule has 0 saturated heterocycles. The summed E-state index contributed by atoms with van der Waals surface area (Å²) in [6.07, 6.45) is 5.91. The molecule has 1 N–H and O–H groups in total. The monoisotopic (exact) mass is 280 g/mol. The maximum absolute atomic E-state index is 11.2. The SMILES string of the molecule is O=C(O)[C@H]1CCC[C@@H]1Cn1ncc2cnc(Cl)nc21. The van der Waals surface area contributed by atoms with Crippen molar-refractivity contribution in [2.75, 3.05) is 0 Å². The summed E-state index contributed by atoms with van der Waals surface area (Å²) in [5.41, 5.74) is 0.663. The summed E-state index contributed by atoms with van der Waals surface area (Å²) in [6, 6.07) is 0. The zero-order chi connectivity index (χ0) is 13.4. The third-order valence-corrected chi connectivity index (χ3v) is 3.91. The van der Waals surface area contributed by atoms with Crippen LogP contribution >= 0.6 is 11.6 Å². The molecule has 1 aliphatic rings. The van der Waals surface area contributed by atoms with Crippen LogP contribution in [0.1, 0.15) is 19.3 Å². The van der Waals surface area contributed by atoms with Gasteiger partial charge in [0, 0.05) is 12.7 Å². The number of hydrogen-bond acceptors (Lipinski definition) is 4. The number of rotatable bonds is 3. The van der Waals surface area contributed by atoms with Gasteiger partial charge >= 0.3 is 5.97 Å². The molecule has 7 heteroatoms. The molecule has 0 amide bonds. The van der Waals surface area contributed by atoms with Crippen molar-refractivity contribution in [3.8, 4) is 0 Å². The standard InChI is InChI=1S/C12H13ClN4O2/c13-12-14-4-8-5-15-17(10(8)16-12)6-7-2-1-3-9(7)11(18)19/h4-5,7,9H,1-3,6H2,(H,18,19)/t7-,9+/m1/s1. The van der Waals surface area contributed by atoms with Crippen molar-refractivity contribution >= 4 is 28.6 Å². The van der Waals surface area contributed by atoms with Crippen molar-refractivity contribution in [1.82, 2.24) is 19.7 Å². The summed E-state index contributed by atoms with van der Waals surface area (Å²) in [5.74, 6) is -0.891. The van der Waals surface area contributed by atoms with Crippen LogP contribution in [0.5, 0.6) is 0 Å². The summed E-state index contributed by atoms with van der Waals surface area (Å²) in [4.78, 5) is 19.2. The first-order valence-corrected chi connectivity index (χ1v) is 6.60. The highest BCUT2D eigenvalue weighted by Crippen LogP contribution is 2.33. The molecule has 6 nitrogen and oxygen atoms in total. The molecule has 2 aromatic heterocycles. The zero-order valence-electron chi connectivity index (χ0n) is 10.2. The molecule has 0 radical (unpaired) electrons. The summed E-state index contributed by atoms with van der Waals surface area (Å²) in [7, 11) is 0. The number of halogens is 1. The summed E-state index contributed by atoms with van der Waals surface area (Å²) < 4.78 is 1.73. The number of fused-ring (bicyclic) bond motifs is 1. The molecule has 1 saturated carbocycles. The number of carbonyl (C=O) groups is 1. The Labute approximate surface area is 114 Å². The van der Waals surface area contributed by atoms with Crippen LogP contribution in [-0.4, -0.2) is 30.8 Å². The molecule has 2 heterocycles. The van der Waals surface area contributed by atoms with E-state index in [0.29, 0.717) is 12.2 Å². The van der Waals surface area contributed by atoms with Gasteiger partial charge in [0.05, 0.1) is 17.5 Å². The molecule has 0 aromatic carbocycles. The topological polar surface area (TPSA) is 80.9 Å². The van der Waals surface area contributed by atoms with Crippen LogP contribution in [0.25, 0.3) is 11.0 Å². The van der Waals surface area contributed by atoms with Crippen LogP contribution in [0.2, 0.25) is 5.28 Å². The van der Waals surface area contributed by atoms with Gasteiger partial charge in [-0.2, -0.15) is 10.1 Å². The number of nitrogens with zero attached hydrogens (tertiary/aromatic N) is 4. The maximum atomic E-state index is 11.2. The van der Waals surface area contributed by atoms with Crippen LogP contribution in [-0.2, 0) is 11.3 Å². The Morgan fingerprint density at radius 3 is 3.11 bits per heavy atom. The van der Waals surface area contributed by atoms with E-state index in [2.05, 4.69) is 15.1 Å². The quantitative estimate of drug-likeness (QED) is 0.870. The molecule has 2 aromatic rings. The van der Waals surface area contributed by atoms with E-state index in [1.54, 1.807) is 17.1 Å². The second kappa shape index (κ2) is 4.77. The Bertz CT molecular complexity index is 627. The molecule has 0 aliphatic heterocycles. The average Bonchev–Trinajstić information content (AvgIpc) is 2.97. The Balaban J connectivity index is 1.89. The lowest BCUT2D eigenvalue weighted by atomic mass is 9.96. The van der Waals surface area contributed by atoms with E-state index in [1.807, 2.05) is 0 Å². The number of hydrogen-bond donors (Lipinski definition) is 1. The number of aliphatic carboxylic acids is 1. The molecule has 1 aliphatic carbocycles. The van der Waals surface area contributed by atoms with Gasteiger partial charge in [-0.25, -0.2) is 9.67 Å².